The van der Waals surface area contributed by atoms with Crippen molar-refractivity contribution < 1.29 is 9.53 Å². The summed E-state index contributed by atoms with van der Waals surface area (Å²) in [4.78, 5) is 11.8. The van der Waals surface area contributed by atoms with Gasteiger partial charge < -0.3 is 10.1 Å². The third-order valence-electron chi connectivity index (χ3n) is 3.29. The van der Waals surface area contributed by atoms with E-state index in [4.69, 9.17) is 10.00 Å². The van der Waals surface area contributed by atoms with E-state index in [2.05, 4.69) is 11.4 Å². The van der Waals surface area contributed by atoms with Crippen LogP contribution in [0.2, 0.25) is 0 Å². The molecule has 1 N–H and O–H groups in total. The van der Waals surface area contributed by atoms with Crippen LogP contribution in [0.25, 0.3) is 0 Å². The van der Waals surface area contributed by atoms with Gasteiger partial charge in [-0.15, -0.1) is 0 Å². The molecule has 0 bridgehead atoms. The summed E-state index contributed by atoms with van der Waals surface area (Å²) in [5.74, 6) is 0.575. The van der Waals surface area contributed by atoms with Gasteiger partial charge in [-0.2, -0.15) is 5.26 Å². The van der Waals surface area contributed by atoms with Crippen LogP contribution in [-0.4, -0.2) is 18.6 Å². The average molecular weight is 274 g/mol. The molecule has 4 nitrogen and oxygen atoms in total. The van der Waals surface area contributed by atoms with Crippen LogP contribution in [0.1, 0.15) is 43.4 Å². The summed E-state index contributed by atoms with van der Waals surface area (Å²) in [6.45, 7) is 7.85. The fraction of sp³-hybridized carbons (Fsp3) is 0.500. The molecule has 0 unspecified atom stereocenters. The molecular formula is C16H22N2O2. The Bertz CT molecular complexity index is 491. The summed E-state index contributed by atoms with van der Waals surface area (Å²) in [7, 11) is 0. The van der Waals surface area contributed by atoms with E-state index < -0.39 is 0 Å². The van der Waals surface area contributed by atoms with Crippen LogP contribution in [0.5, 0.6) is 5.75 Å². The molecule has 0 spiro atoms. The summed E-state index contributed by atoms with van der Waals surface area (Å²) >= 11 is 0. The Kier molecular flexibility index (Phi) is 6.05. The fourth-order valence-electron chi connectivity index (χ4n) is 2.14. The number of carbonyl (C=O) groups excluding carboxylic acids is 1. The third kappa shape index (κ3) is 4.27. The molecule has 0 fully saturated rings. The fourth-order valence-corrected chi connectivity index (χ4v) is 2.14. The molecule has 1 aromatic rings. The molecular weight excluding hydrogens is 252 g/mol. The highest BCUT2D eigenvalue weighted by molar-refractivity contribution is 5.77. The van der Waals surface area contributed by atoms with Crippen LogP contribution in [-0.2, 0) is 4.79 Å². The third-order valence-corrected chi connectivity index (χ3v) is 3.29. The van der Waals surface area contributed by atoms with E-state index in [1.807, 2.05) is 27.7 Å². The molecule has 1 aromatic carbocycles. The molecule has 0 saturated heterocycles. The first-order chi connectivity index (χ1) is 9.51. The van der Waals surface area contributed by atoms with Gasteiger partial charge in [0.15, 0.2) is 6.61 Å². The number of nitrogens with one attached hydrogen (secondary N) is 1. The maximum absolute atomic E-state index is 11.8. The number of benzene rings is 1. The van der Waals surface area contributed by atoms with Gasteiger partial charge in [-0.05, 0) is 49.9 Å². The molecule has 0 radical (unpaired) electrons. The Morgan fingerprint density at radius 2 is 1.85 bits per heavy atom. The van der Waals surface area contributed by atoms with Gasteiger partial charge in [0.25, 0.3) is 5.91 Å². The largest absolute Gasteiger partial charge is 0.483 e. The van der Waals surface area contributed by atoms with Crippen LogP contribution in [0.3, 0.4) is 0 Å². The highest BCUT2D eigenvalue weighted by Gasteiger charge is 2.11. The lowest BCUT2D eigenvalue weighted by Crippen LogP contribution is -2.37. The average Bonchev–Trinajstić information content (AvgIpc) is 2.43. The second kappa shape index (κ2) is 7.54. The summed E-state index contributed by atoms with van der Waals surface area (Å²) < 4.78 is 5.60. The van der Waals surface area contributed by atoms with Gasteiger partial charge in [-0.3, -0.25) is 4.79 Å². The van der Waals surface area contributed by atoms with Crippen LogP contribution in [0, 0.1) is 25.2 Å². The van der Waals surface area contributed by atoms with Crippen LogP contribution in [0.15, 0.2) is 12.1 Å². The van der Waals surface area contributed by atoms with Crippen molar-refractivity contribution >= 4 is 5.91 Å². The number of rotatable bonds is 6. The molecule has 0 saturated carbocycles. The van der Waals surface area contributed by atoms with Gasteiger partial charge >= 0.3 is 0 Å². The number of hydrogen-bond donors (Lipinski definition) is 1. The van der Waals surface area contributed by atoms with Gasteiger partial charge in [0.1, 0.15) is 5.75 Å². The zero-order valence-electron chi connectivity index (χ0n) is 12.6. The zero-order chi connectivity index (χ0) is 15.1. The molecule has 1 amide bonds. The lowest BCUT2D eigenvalue weighted by molar-refractivity contribution is -0.123. The van der Waals surface area contributed by atoms with Gasteiger partial charge in [0, 0.05) is 6.04 Å². The van der Waals surface area contributed by atoms with Gasteiger partial charge in [-0.1, -0.05) is 13.8 Å². The van der Waals surface area contributed by atoms with Crippen LogP contribution >= 0.6 is 0 Å². The van der Waals surface area contributed by atoms with Crippen molar-refractivity contribution in [2.24, 2.45) is 0 Å². The number of nitriles is 1. The maximum atomic E-state index is 11.8. The SMILES string of the molecule is CCC(CC)NC(=O)COc1c(C)cc(C#N)cc1C. The Hall–Kier alpha value is -2.02. The molecule has 0 heterocycles. The van der Waals surface area contributed by atoms with Crippen molar-refractivity contribution in [3.05, 3.63) is 28.8 Å². The lowest BCUT2D eigenvalue weighted by Gasteiger charge is -2.16. The summed E-state index contributed by atoms with van der Waals surface area (Å²) in [6.07, 6.45) is 1.83. The maximum Gasteiger partial charge on any atom is 0.258 e. The first-order valence-corrected chi connectivity index (χ1v) is 6.95. The number of carbonyl (C=O) groups is 1. The minimum atomic E-state index is -0.109. The van der Waals surface area contributed by atoms with Gasteiger partial charge in [0.05, 0.1) is 11.6 Å². The summed E-state index contributed by atoms with van der Waals surface area (Å²) in [5, 5.41) is 11.8. The topological polar surface area (TPSA) is 62.1 Å². The van der Waals surface area contributed by atoms with E-state index in [9.17, 15) is 4.79 Å². The predicted molar refractivity (Wildman–Crippen MR) is 78.6 cm³/mol. The molecule has 1 rings (SSSR count). The summed E-state index contributed by atoms with van der Waals surface area (Å²) in [5.41, 5.74) is 2.35. The predicted octanol–water partition coefficient (Wildman–Crippen LogP) is 2.86. The van der Waals surface area contributed by atoms with E-state index >= 15 is 0 Å². The standard InChI is InChI=1S/C16H22N2O2/c1-5-14(6-2)18-15(19)10-20-16-11(3)7-13(9-17)8-12(16)4/h7-8,14H,5-6,10H2,1-4H3,(H,18,19). The van der Waals surface area contributed by atoms with E-state index in [-0.39, 0.29) is 18.6 Å². The normalized spacial score (nSPS) is 10.2. The summed E-state index contributed by atoms with van der Waals surface area (Å²) in [6, 6.07) is 5.84. The Labute approximate surface area is 120 Å². The Morgan fingerprint density at radius 1 is 1.30 bits per heavy atom. The van der Waals surface area contributed by atoms with Crippen LogP contribution in [0.4, 0.5) is 0 Å². The molecule has 4 heteroatoms. The Balaban J connectivity index is 2.67. The van der Waals surface area contributed by atoms with Crippen molar-refractivity contribution in [2.75, 3.05) is 6.61 Å². The number of aryl methyl sites for hydroxylation is 2. The second-order valence-corrected chi connectivity index (χ2v) is 4.92. The first-order valence-electron chi connectivity index (χ1n) is 6.95. The van der Waals surface area contributed by atoms with Gasteiger partial charge in [0.2, 0.25) is 0 Å². The van der Waals surface area contributed by atoms with Gasteiger partial charge in [-0.25, -0.2) is 0 Å². The quantitative estimate of drug-likeness (QED) is 0.867. The van der Waals surface area contributed by atoms with E-state index in [0.717, 1.165) is 24.0 Å². The van der Waals surface area contributed by atoms with Crippen molar-refractivity contribution in [2.45, 2.75) is 46.6 Å². The molecule has 0 aliphatic carbocycles. The monoisotopic (exact) mass is 274 g/mol. The first kappa shape index (κ1) is 16.0. The number of amides is 1. The number of nitrogens with zero attached hydrogens (tertiary/aromatic N) is 1. The zero-order valence-corrected chi connectivity index (χ0v) is 12.6. The molecule has 0 aliphatic heterocycles. The van der Waals surface area contributed by atoms with Crippen LogP contribution < -0.4 is 10.1 Å². The lowest BCUT2D eigenvalue weighted by atomic mass is 10.1. The number of hydrogen-bond acceptors (Lipinski definition) is 3. The molecule has 20 heavy (non-hydrogen) atoms. The minimum Gasteiger partial charge on any atom is -0.483 e. The van der Waals surface area contributed by atoms with E-state index in [1.54, 1.807) is 12.1 Å². The van der Waals surface area contributed by atoms with Crippen molar-refractivity contribution in [1.82, 2.24) is 5.32 Å². The molecule has 0 aliphatic rings. The van der Waals surface area contributed by atoms with Crippen molar-refractivity contribution in [3.8, 4) is 11.8 Å². The van der Waals surface area contributed by atoms with Crippen molar-refractivity contribution in [3.63, 3.8) is 0 Å². The Morgan fingerprint density at radius 3 is 2.30 bits per heavy atom. The molecule has 0 atom stereocenters. The number of ether oxygens (including phenoxy) is 1. The highest BCUT2D eigenvalue weighted by atomic mass is 16.5. The van der Waals surface area contributed by atoms with Crippen molar-refractivity contribution in [1.29, 1.82) is 5.26 Å². The smallest absolute Gasteiger partial charge is 0.258 e. The highest BCUT2D eigenvalue weighted by Crippen LogP contribution is 2.24. The molecule has 0 aromatic heterocycles. The van der Waals surface area contributed by atoms with E-state index in [1.165, 1.54) is 0 Å². The second-order valence-electron chi connectivity index (χ2n) is 4.92. The minimum absolute atomic E-state index is 0.00405. The molecule has 108 valence electrons. The van der Waals surface area contributed by atoms with E-state index in [0.29, 0.717) is 11.3 Å².